The SMILES string of the molecule is CC1N(Cc2ccccc2)CCCC12CCNCC2. The average Bonchev–Trinajstić information content (AvgIpc) is 2.46. The van der Waals surface area contributed by atoms with Crippen LogP contribution in [0.4, 0.5) is 0 Å². The first-order valence-electron chi connectivity index (χ1n) is 7.79. The van der Waals surface area contributed by atoms with Gasteiger partial charge in [-0.3, -0.25) is 4.90 Å². The summed E-state index contributed by atoms with van der Waals surface area (Å²) in [4.78, 5) is 2.71. The van der Waals surface area contributed by atoms with Gasteiger partial charge in [0.05, 0.1) is 0 Å². The predicted molar refractivity (Wildman–Crippen MR) is 80.1 cm³/mol. The Labute approximate surface area is 117 Å². The molecule has 0 amide bonds. The molecule has 2 aliphatic heterocycles. The van der Waals surface area contributed by atoms with E-state index in [2.05, 4.69) is 47.5 Å². The van der Waals surface area contributed by atoms with Crippen LogP contribution in [0.25, 0.3) is 0 Å². The maximum Gasteiger partial charge on any atom is 0.0236 e. The molecule has 2 fully saturated rings. The van der Waals surface area contributed by atoms with Gasteiger partial charge in [-0.05, 0) is 63.2 Å². The molecule has 0 saturated carbocycles. The second-order valence-electron chi connectivity index (χ2n) is 6.35. The van der Waals surface area contributed by atoms with E-state index in [1.165, 1.54) is 50.9 Å². The number of nitrogens with one attached hydrogen (secondary N) is 1. The fourth-order valence-electron chi connectivity index (χ4n) is 4.05. The smallest absolute Gasteiger partial charge is 0.0236 e. The van der Waals surface area contributed by atoms with E-state index in [9.17, 15) is 0 Å². The topological polar surface area (TPSA) is 15.3 Å². The van der Waals surface area contributed by atoms with Gasteiger partial charge in [-0.15, -0.1) is 0 Å². The largest absolute Gasteiger partial charge is 0.317 e. The van der Waals surface area contributed by atoms with Crippen molar-refractivity contribution in [3.63, 3.8) is 0 Å². The third-order valence-electron chi connectivity index (χ3n) is 5.38. The Morgan fingerprint density at radius 1 is 1.16 bits per heavy atom. The molecule has 0 radical (unpaired) electrons. The lowest BCUT2D eigenvalue weighted by Crippen LogP contribution is -2.54. The first-order chi connectivity index (χ1) is 9.30. The molecule has 1 spiro atoms. The van der Waals surface area contributed by atoms with Gasteiger partial charge in [0.25, 0.3) is 0 Å². The average molecular weight is 258 g/mol. The molecule has 2 saturated heterocycles. The summed E-state index contributed by atoms with van der Waals surface area (Å²) in [5, 5.41) is 3.52. The number of nitrogens with zero attached hydrogens (tertiary/aromatic N) is 1. The van der Waals surface area contributed by atoms with Crippen LogP contribution in [-0.2, 0) is 6.54 Å². The second kappa shape index (κ2) is 5.64. The van der Waals surface area contributed by atoms with Crippen LogP contribution in [0.15, 0.2) is 30.3 Å². The van der Waals surface area contributed by atoms with Gasteiger partial charge in [-0.2, -0.15) is 0 Å². The molecular weight excluding hydrogens is 232 g/mol. The van der Waals surface area contributed by atoms with Gasteiger partial charge in [0.2, 0.25) is 0 Å². The lowest BCUT2D eigenvalue weighted by molar-refractivity contribution is -0.00395. The summed E-state index contributed by atoms with van der Waals surface area (Å²) >= 11 is 0. The first kappa shape index (κ1) is 13.1. The molecule has 0 bridgehead atoms. The fourth-order valence-corrected chi connectivity index (χ4v) is 4.05. The van der Waals surface area contributed by atoms with Crippen molar-refractivity contribution in [1.29, 1.82) is 0 Å². The Morgan fingerprint density at radius 2 is 1.89 bits per heavy atom. The third kappa shape index (κ3) is 2.70. The number of rotatable bonds is 2. The maximum absolute atomic E-state index is 3.52. The van der Waals surface area contributed by atoms with E-state index in [0.717, 1.165) is 12.6 Å². The Kier molecular flexibility index (Phi) is 3.90. The quantitative estimate of drug-likeness (QED) is 0.877. The predicted octanol–water partition coefficient (Wildman–Crippen LogP) is 3.04. The molecule has 19 heavy (non-hydrogen) atoms. The van der Waals surface area contributed by atoms with Crippen molar-refractivity contribution in [2.75, 3.05) is 19.6 Å². The molecule has 1 aromatic rings. The van der Waals surface area contributed by atoms with Crippen molar-refractivity contribution in [3.05, 3.63) is 35.9 Å². The Morgan fingerprint density at radius 3 is 2.63 bits per heavy atom. The highest BCUT2D eigenvalue weighted by Gasteiger charge is 2.42. The van der Waals surface area contributed by atoms with Crippen LogP contribution in [0.1, 0.15) is 38.2 Å². The van der Waals surface area contributed by atoms with Crippen LogP contribution >= 0.6 is 0 Å². The minimum Gasteiger partial charge on any atom is -0.317 e. The fraction of sp³-hybridized carbons (Fsp3) is 0.647. The molecule has 2 heterocycles. The van der Waals surface area contributed by atoms with E-state index < -0.39 is 0 Å². The molecule has 2 heteroatoms. The van der Waals surface area contributed by atoms with Crippen LogP contribution in [-0.4, -0.2) is 30.6 Å². The Balaban J connectivity index is 1.72. The minimum absolute atomic E-state index is 0.582. The van der Waals surface area contributed by atoms with E-state index in [1.54, 1.807) is 0 Å². The van der Waals surface area contributed by atoms with Crippen molar-refractivity contribution >= 4 is 0 Å². The Hall–Kier alpha value is -0.860. The zero-order chi connectivity index (χ0) is 13.1. The summed E-state index contributed by atoms with van der Waals surface area (Å²) in [6.07, 6.45) is 5.53. The van der Waals surface area contributed by atoms with E-state index in [4.69, 9.17) is 0 Å². The number of hydrogen-bond acceptors (Lipinski definition) is 2. The summed E-state index contributed by atoms with van der Waals surface area (Å²) in [5.41, 5.74) is 2.04. The van der Waals surface area contributed by atoms with Gasteiger partial charge < -0.3 is 5.32 Å². The molecule has 1 unspecified atom stereocenters. The van der Waals surface area contributed by atoms with E-state index in [0.29, 0.717) is 5.41 Å². The lowest BCUT2D eigenvalue weighted by Gasteiger charge is -2.51. The van der Waals surface area contributed by atoms with Crippen LogP contribution in [0.2, 0.25) is 0 Å². The third-order valence-corrected chi connectivity index (χ3v) is 5.38. The number of benzene rings is 1. The van der Waals surface area contributed by atoms with Crippen molar-refractivity contribution in [3.8, 4) is 0 Å². The molecule has 2 aliphatic rings. The standard InChI is InChI=1S/C17H26N2/c1-15-17(9-11-18-12-10-17)8-5-13-19(15)14-16-6-3-2-4-7-16/h2-4,6-7,15,18H,5,8-14H2,1H3. The Bertz CT molecular complexity index is 389. The molecule has 1 atom stereocenters. The molecule has 0 aromatic heterocycles. The van der Waals surface area contributed by atoms with Gasteiger partial charge >= 0.3 is 0 Å². The second-order valence-corrected chi connectivity index (χ2v) is 6.35. The zero-order valence-electron chi connectivity index (χ0n) is 12.1. The van der Waals surface area contributed by atoms with Crippen LogP contribution < -0.4 is 5.32 Å². The molecule has 3 rings (SSSR count). The van der Waals surface area contributed by atoms with E-state index >= 15 is 0 Å². The highest BCUT2D eigenvalue weighted by molar-refractivity contribution is 5.15. The van der Waals surface area contributed by atoms with Crippen LogP contribution in [0.5, 0.6) is 0 Å². The van der Waals surface area contributed by atoms with Gasteiger partial charge in [0.15, 0.2) is 0 Å². The zero-order valence-corrected chi connectivity index (χ0v) is 12.1. The minimum atomic E-state index is 0.582. The molecule has 104 valence electrons. The molecule has 0 aliphatic carbocycles. The van der Waals surface area contributed by atoms with Gasteiger partial charge in [0.1, 0.15) is 0 Å². The van der Waals surface area contributed by atoms with Gasteiger partial charge in [-0.1, -0.05) is 30.3 Å². The number of hydrogen-bond donors (Lipinski definition) is 1. The molecule has 1 aromatic carbocycles. The summed E-state index contributed by atoms with van der Waals surface area (Å²) in [5.74, 6) is 0. The van der Waals surface area contributed by atoms with Gasteiger partial charge in [0, 0.05) is 12.6 Å². The molecule has 2 nitrogen and oxygen atoms in total. The monoisotopic (exact) mass is 258 g/mol. The van der Waals surface area contributed by atoms with Gasteiger partial charge in [-0.25, -0.2) is 0 Å². The summed E-state index contributed by atoms with van der Waals surface area (Å²) in [6, 6.07) is 11.7. The lowest BCUT2D eigenvalue weighted by atomic mass is 9.67. The normalized spacial score (nSPS) is 27.5. The van der Waals surface area contributed by atoms with E-state index in [1.807, 2.05) is 0 Å². The van der Waals surface area contributed by atoms with Crippen molar-refractivity contribution < 1.29 is 0 Å². The number of likely N-dealkylation sites (tertiary alicyclic amines) is 1. The van der Waals surface area contributed by atoms with Crippen molar-refractivity contribution in [2.45, 2.75) is 45.2 Å². The van der Waals surface area contributed by atoms with E-state index in [-0.39, 0.29) is 0 Å². The van der Waals surface area contributed by atoms with Crippen molar-refractivity contribution in [2.24, 2.45) is 5.41 Å². The summed E-state index contributed by atoms with van der Waals surface area (Å²) in [6.45, 7) is 7.28. The van der Waals surface area contributed by atoms with Crippen molar-refractivity contribution in [1.82, 2.24) is 10.2 Å². The van der Waals surface area contributed by atoms with Crippen LogP contribution in [0, 0.1) is 5.41 Å². The highest BCUT2D eigenvalue weighted by Crippen LogP contribution is 2.43. The summed E-state index contributed by atoms with van der Waals surface area (Å²) < 4.78 is 0. The maximum atomic E-state index is 3.52. The highest BCUT2D eigenvalue weighted by atomic mass is 15.2. The molecular formula is C17H26N2. The van der Waals surface area contributed by atoms with Crippen LogP contribution in [0.3, 0.4) is 0 Å². The number of piperidine rings is 2. The summed E-state index contributed by atoms with van der Waals surface area (Å²) in [7, 11) is 0. The molecule has 1 N–H and O–H groups in total. The first-order valence-corrected chi connectivity index (χ1v) is 7.79.